The molecule has 0 saturated carbocycles. The van der Waals surface area contributed by atoms with Gasteiger partial charge in [-0.15, -0.1) is 16.4 Å². The van der Waals surface area contributed by atoms with Crippen molar-refractivity contribution in [2.45, 2.75) is 6.54 Å². The molecule has 1 fully saturated rings. The van der Waals surface area contributed by atoms with Gasteiger partial charge in [-0.2, -0.15) is 5.10 Å². The van der Waals surface area contributed by atoms with Gasteiger partial charge in [-0.25, -0.2) is 14.4 Å². The summed E-state index contributed by atoms with van der Waals surface area (Å²) in [4.78, 5) is 11.4. The van der Waals surface area contributed by atoms with Crippen molar-refractivity contribution in [2.24, 2.45) is 0 Å². The number of hydrogen-bond acceptors (Lipinski definition) is 9. The van der Waals surface area contributed by atoms with Gasteiger partial charge >= 0.3 is 0 Å². The molecule has 0 amide bonds. The SMILES string of the molecule is COc1ccc2sc(CNc3nncc(-c4ccc(F)cc4N4CCOCC4)n3)nc2c1. The molecule has 0 spiro atoms. The largest absolute Gasteiger partial charge is 0.497 e. The standard InChI is InChI=1S/C22H21FN6O2S/c1-30-15-3-5-20-17(11-15)26-21(32-20)13-24-22-27-18(12-25-28-22)16-4-2-14(23)10-19(16)29-6-8-31-9-7-29/h2-5,10-12H,6-9,13H2,1H3,(H,24,27,28). The van der Waals surface area contributed by atoms with Gasteiger partial charge in [-0.05, 0) is 30.3 Å². The number of benzene rings is 2. The highest BCUT2D eigenvalue weighted by atomic mass is 32.1. The Morgan fingerprint density at radius 1 is 1.16 bits per heavy atom. The van der Waals surface area contributed by atoms with Gasteiger partial charge in [0.1, 0.15) is 16.6 Å². The van der Waals surface area contributed by atoms with Crippen LogP contribution in [0, 0.1) is 5.82 Å². The number of aromatic nitrogens is 4. The summed E-state index contributed by atoms with van der Waals surface area (Å²) in [5.74, 6) is 0.873. The number of anilines is 2. The predicted molar refractivity (Wildman–Crippen MR) is 122 cm³/mol. The normalized spacial score (nSPS) is 14.0. The molecule has 0 unspecified atom stereocenters. The van der Waals surface area contributed by atoms with E-state index in [1.807, 2.05) is 18.2 Å². The molecule has 10 heteroatoms. The van der Waals surface area contributed by atoms with Crippen LogP contribution in [0.1, 0.15) is 5.01 Å². The molecule has 1 aliphatic rings. The van der Waals surface area contributed by atoms with Crippen molar-refractivity contribution in [3.8, 4) is 17.0 Å². The third-order valence-corrected chi connectivity index (χ3v) is 6.22. The molecule has 5 rings (SSSR count). The first-order valence-corrected chi connectivity index (χ1v) is 11.0. The number of thiazole rings is 1. The lowest BCUT2D eigenvalue weighted by Crippen LogP contribution is -2.36. The van der Waals surface area contributed by atoms with E-state index >= 15 is 0 Å². The number of rotatable bonds is 6. The molecule has 3 heterocycles. The van der Waals surface area contributed by atoms with E-state index in [9.17, 15) is 4.39 Å². The van der Waals surface area contributed by atoms with Gasteiger partial charge in [0.2, 0.25) is 5.95 Å². The van der Waals surface area contributed by atoms with Crippen LogP contribution in [-0.4, -0.2) is 53.6 Å². The molecular weight excluding hydrogens is 431 g/mol. The van der Waals surface area contributed by atoms with Crippen molar-refractivity contribution in [1.82, 2.24) is 20.2 Å². The minimum absolute atomic E-state index is 0.289. The first-order chi connectivity index (χ1) is 15.7. The molecule has 1 saturated heterocycles. The number of fused-ring (bicyclic) bond motifs is 1. The summed E-state index contributed by atoms with van der Waals surface area (Å²) < 4.78 is 25.8. The van der Waals surface area contributed by atoms with Gasteiger partial charge < -0.3 is 19.7 Å². The summed E-state index contributed by atoms with van der Waals surface area (Å²) in [6.45, 7) is 3.08. The minimum Gasteiger partial charge on any atom is -0.497 e. The third-order valence-electron chi connectivity index (χ3n) is 5.18. The Morgan fingerprint density at radius 3 is 2.88 bits per heavy atom. The molecular formula is C22H21FN6O2S. The molecule has 164 valence electrons. The van der Waals surface area contributed by atoms with Crippen molar-refractivity contribution < 1.29 is 13.9 Å². The number of halogens is 1. The highest BCUT2D eigenvalue weighted by molar-refractivity contribution is 7.18. The average molecular weight is 453 g/mol. The number of methoxy groups -OCH3 is 1. The molecule has 0 bridgehead atoms. The summed E-state index contributed by atoms with van der Waals surface area (Å²) in [6, 6.07) is 10.5. The average Bonchev–Trinajstić information content (AvgIpc) is 3.25. The molecule has 1 aliphatic heterocycles. The van der Waals surface area contributed by atoms with Gasteiger partial charge in [0.25, 0.3) is 0 Å². The van der Waals surface area contributed by atoms with Crippen molar-refractivity contribution in [2.75, 3.05) is 43.6 Å². The maximum absolute atomic E-state index is 14.0. The fourth-order valence-corrected chi connectivity index (χ4v) is 4.50. The molecule has 0 aliphatic carbocycles. The van der Waals surface area contributed by atoms with Crippen molar-refractivity contribution in [3.63, 3.8) is 0 Å². The van der Waals surface area contributed by atoms with Gasteiger partial charge in [-0.1, -0.05) is 0 Å². The summed E-state index contributed by atoms with van der Waals surface area (Å²) in [6.07, 6.45) is 1.59. The van der Waals surface area contributed by atoms with Crippen molar-refractivity contribution in [1.29, 1.82) is 0 Å². The van der Waals surface area contributed by atoms with Gasteiger partial charge in [0, 0.05) is 30.4 Å². The van der Waals surface area contributed by atoms with E-state index in [0.29, 0.717) is 44.5 Å². The number of morpholine rings is 1. The fraction of sp³-hybridized carbons (Fsp3) is 0.273. The summed E-state index contributed by atoms with van der Waals surface area (Å²) in [5.41, 5.74) is 3.09. The van der Waals surface area contributed by atoms with E-state index < -0.39 is 0 Å². The van der Waals surface area contributed by atoms with Gasteiger partial charge in [0.05, 0.1) is 49.0 Å². The molecule has 1 N–H and O–H groups in total. The Labute approximate surface area is 188 Å². The van der Waals surface area contributed by atoms with Crippen LogP contribution in [-0.2, 0) is 11.3 Å². The zero-order valence-corrected chi connectivity index (χ0v) is 18.2. The molecule has 8 nitrogen and oxygen atoms in total. The number of nitrogens with zero attached hydrogens (tertiary/aromatic N) is 5. The minimum atomic E-state index is -0.289. The van der Waals surface area contributed by atoms with E-state index in [0.717, 1.165) is 32.2 Å². The van der Waals surface area contributed by atoms with Crippen molar-refractivity contribution in [3.05, 3.63) is 53.4 Å². The third kappa shape index (κ3) is 4.32. The fourth-order valence-electron chi connectivity index (χ4n) is 3.61. The van der Waals surface area contributed by atoms with Gasteiger partial charge in [0.15, 0.2) is 0 Å². The Bertz CT molecular complexity index is 1240. The second kappa shape index (κ2) is 9.01. The van der Waals surface area contributed by atoms with Crippen LogP contribution in [0.2, 0.25) is 0 Å². The Balaban J connectivity index is 1.37. The van der Waals surface area contributed by atoms with Crippen LogP contribution in [0.15, 0.2) is 42.6 Å². The summed E-state index contributed by atoms with van der Waals surface area (Å²) >= 11 is 1.59. The van der Waals surface area contributed by atoms with Crippen LogP contribution in [0.4, 0.5) is 16.0 Å². The van der Waals surface area contributed by atoms with E-state index in [2.05, 4.69) is 30.4 Å². The van der Waals surface area contributed by atoms with E-state index in [-0.39, 0.29) is 5.82 Å². The zero-order chi connectivity index (χ0) is 21.9. The highest BCUT2D eigenvalue weighted by Gasteiger charge is 2.18. The van der Waals surface area contributed by atoms with Crippen LogP contribution in [0.5, 0.6) is 5.75 Å². The van der Waals surface area contributed by atoms with Crippen LogP contribution >= 0.6 is 11.3 Å². The smallest absolute Gasteiger partial charge is 0.243 e. The van der Waals surface area contributed by atoms with E-state index in [1.165, 1.54) is 12.1 Å². The van der Waals surface area contributed by atoms with E-state index in [4.69, 9.17) is 9.47 Å². The first-order valence-electron chi connectivity index (χ1n) is 10.2. The Morgan fingerprint density at radius 2 is 2.03 bits per heavy atom. The van der Waals surface area contributed by atoms with Crippen molar-refractivity contribution >= 4 is 33.2 Å². The number of nitrogens with one attached hydrogen (secondary N) is 1. The maximum atomic E-state index is 14.0. The molecule has 4 aromatic rings. The first kappa shape index (κ1) is 20.5. The quantitative estimate of drug-likeness (QED) is 0.474. The van der Waals surface area contributed by atoms with Crippen LogP contribution < -0.4 is 15.0 Å². The summed E-state index contributed by atoms with van der Waals surface area (Å²) in [7, 11) is 1.64. The van der Waals surface area contributed by atoms with Gasteiger partial charge in [-0.3, -0.25) is 0 Å². The topological polar surface area (TPSA) is 85.3 Å². The number of ether oxygens (including phenoxy) is 2. The van der Waals surface area contributed by atoms with Crippen LogP contribution in [0.25, 0.3) is 21.5 Å². The maximum Gasteiger partial charge on any atom is 0.243 e. The van der Waals surface area contributed by atoms with Crippen LogP contribution in [0.3, 0.4) is 0 Å². The second-order valence-corrected chi connectivity index (χ2v) is 8.34. The summed E-state index contributed by atoms with van der Waals surface area (Å²) in [5, 5.41) is 12.3. The van der Waals surface area contributed by atoms with E-state index in [1.54, 1.807) is 30.7 Å². The number of hydrogen-bond donors (Lipinski definition) is 1. The lowest BCUT2D eigenvalue weighted by atomic mass is 10.1. The molecule has 0 radical (unpaired) electrons. The highest BCUT2D eigenvalue weighted by Crippen LogP contribution is 2.31. The second-order valence-electron chi connectivity index (χ2n) is 7.22. The molecule has 0 atom stereocenters. The zero-order valence-electron chi connectivity index (χ0n) is 17.4. The molecule has 2 aromatic heterocycles. The lowest BCUT2D eigenvalue weighted by molar-refractivity contribution is 0.122. The predicted octanol–water partition coefficient (Wildman–Crippen LogP) is 3.74. The molecule has 32 heavy (non-hydrogen) atoms. The Hall–Kier alpha value is -3.37. The lowest BCUT2D eigenvalue weighted by Gasteiger charge is -2.30. The Kier molecular flexibility index (Phi) is 5.78. The monoisotopic (exact) mass is 452 g/mol. The molecule has 2 aromatic carbocycles.